The average molecular weight is 211 g/mol. The van der Waals surface area contributed by atoms with Crippen LogP contribution in [0.25, 0.3) is 0 Å². The lowest BCUT2D eigenvalue weighted by Gasteiger charge is -2.20. The molecule has 1 aliphatic heterocycles. The molecule has 0 saturated heterocycles. The molecule has 0 aliphatic carbocycles. The Bertz CT molecular complexity index is 295. The summed E-state index contributed by atoms with van der Waals surface area (Å²) in [6.45, 7) is 10.9. The third-order valence-electron chi connectivity index (χ3n) is 1.22. The van der Waals surface area contributed by atoms with Crippen LogP contribution < -0.4 is 0 Å². The van der Waals surface area contributed by atoms with Crippen LogP contribution in [0.4, 0.5) is 0 Å². The predicted octanol–water partition coefficient (Wildman–Crippen LogP) is 3.69. The van der Waals surface area contributed by atoms with Crippen molar-refractivity contribution in [1.29, 1.82) is 0 Å². The largest absolute Gasteiger partial charge is 0.244 e. The monoisotopic (exact) mass is 211 g/mol. The van der Waals surface area contributed by atoms with Gasteiger partial charge in [0.1, 0.15) is 0 Å². The number of hydrogen-bond donors (Lipinski definition) is 0. The minimum atomic E-state index is -1.26. The lowest BCUT2D eigenvalue weighted by Crippen LogP contribution is -1.76. The highest BCUT2D eigenvalue weighted by Crippen LogP contribution is 2.66. The molecule has 0 N–H and O–H groups in total. The molecule has 1 atom stereocenters. The molecule has 1 aliphatic rings. The van der Waals surface area contributed by atoms with Crippen LogP contribution in [0.2, 0.25) is 0 Å². The molecule has 0 aromatic carbocycles. The molecular weight excluding hydrogens is 195 g/mol. The summed E-state index contributed by atoms with van der Waals surface area (Å²) < 4.78 is 13.9. The molecule has 11 heavy (non-hydrogen) atoms. The lowest BCUT2D eigenvalue weighted by atomic mass is 11.9. The first-order chi connectivity index (χ1) is 4.81. The van der Waals surface area contributed by atoms with Gasteiger partial charge >= 0.3 is 0 Å². The fraction of sp³-hybridized carbons (Fsp3) is 1.00. The molecule has 0 saturated carbocycles. The lowest BCUT2D eigenvalue weighted by molar-refractivity contribution is 1.65. The summed E-state index contributed by atoms with van der Waals surface area (Å²) in [5.74, 6) is 0. The van der Waals surface area contributed by atoms with Crippen molar-refractivity contribution in [2.45, 2.75) is 0 Å². The standard InChI is InChI=1S/C5H16N3P3/c1-9-6-10(2,3)8-11(4,5)7-9/h9H,1-5H3. The van der Waals surface area contributed by atoms with Crippen LogP contribution in [-0.2, 0) is 0 Å². The summed E-state index contributed by atoms with van der Waals surface area (Å²) in [5.41, 5.74) is 0. The molecule has 0 aromatic heterocycles. The van der Waals surface area contributed by atoms with Gasteiger partial charge in [0.15, 0.2) is 0 Å². The van der Waals surface area contributed by atoms with E-state index < -0.39 is 22.3 Å². The van der Waals surface area contributed by atoms with Gasteiger partial charge in [-0.3, -0.25) is 0 Å². The minimum absolute atomic E-state index is 0.751. The summed E-state index contributed by atoms with van der Waals surface area (Å²) in [6.07, 6.45) is 0. The SMILES string of the molecule is C[PH]1=NP(C)(C)=NP(C)(C)=N1. The maximum absolute atomic E-state index is 4.71. The van der Waals surface area contributed by atoms with Gasteiger partial charge in [-0.25, -0.2) is 13.5 Å². The Morgan fingerprint density at radius 1 is 1.00 bits per heavy atom. The topological polar surface area (TPSA) is 37.1 Å². The van der Waals surface area contributed by atoms with Gasteiger partial charge in [-0.1, -0.05) is 0 Å². The molecule has 3 nitrogen and oxygen atoms in total. The van der Waals surface area contributed by atoms with Gasteiger partial charge in [0.25, 0.3) is 0 Å². The maximum Gasteiger partial charge on any atom is 0.0747 e. The molecule has 0 amide bonds. The van der Waals surface area contributed by atoms with Crippen LogP contribution in [0.3, 0.4) is 0 Å². The van der Waals surface area contributed by atoms with Gasteiger partial charge in [0.05, 0.1) is 22.3 Å². The van der Waals surface area contributed by atoms with E-state index in [2.05, 4.69) is 42.4 Å². The van der Waals surface area contributed by atoms with E-state index in [0.29, 0.717) is 0 Å². The quantitative estimate of drug-likeness (QED) is 0.548. The second kappa shape index (κ2) is 2.87. The Morgan fingerprint density at radius 3 is 1.91 bits per heavy atom. The van der Waals surface area contributed by atoms with Crippen molar-refractivity contribution in [1.82, 2.24) is 0 Å². The van der Waals surface area contributed by atoms with E-state index in [9.17, 15) is 0 Å². The molecule has 0 fully saturated rings. The Kier molecular flexibility index (Phi) is 2.55. The highest BCUT2D eigenvalue weighted by molar-refractivity contribution is 7.81. The molecule has 0 spiro atoms. The van der Waals surface area contributed by atoms with E-state index in [0.717, 1.165) is 0 Å². The van der Waals surface area contributed by atoms with Crippen molar-refractivity contribution in [3.8, 4) is 0 Å². The second-order valence-electron chi connectivity index (χ2n) is 3.51. The van der Waals surface area contributed by atoms with Crippen molar-refractivity contribution in [2.75, 3.05) is 33.3 Å². The fourth-order valence-electron chi connectivity index (χ4n) is 1.30. The fourth-order valence-corrected chi connectivity index (χ4v) is 12.8. The minimum Gasteiger partial charge on any atom is -0.244 e. The van der Waals surface area contributed by atoms with Crippen LogP contribution in [0.15, 0.2) is 13.5 Å². The number of hydrogen-bond acceptors (Lipinski definition) is 3. The highest BCUT2D eigenvalue weighted by Gasteiger charge is 2.13. The Labute approximate surface area is 69.7 Å². The third-order valence-corrected chi connectivity index (χ3v) is 10.9. The third kappa shape index (κ3) is 2.90. The smallest absolute Gasteiger partial charge is 0.0747 e. The maximum atomic E-state index is 4.71. The summed E-state index contributed by atoms with van der Waals surface area (Å²) >= 11 is 0. The van der Waals surface area contributed by atoms with Crippen molar-refractivity contribution >= 4 is 22.3 Å². The summed E-state index contributed by atoms with van der Waals surface area (Å²) in [5, 5.41) is 0. The Balaban J connectivity index is 3.31. The van der Waals surface area contributed by atoms with Crippen molar-refractivity contribution in [2.24, 2.45) is 13.5 Å². The predicted molar refractivity (Wildman–Crippen MR) is 59.1 cm³/mol. The van der Waals surface area contributed by atoms with E-state index in [1.54, 1.807) is 0 Å². The zero-order chi connectivity index (χ0) is 8.70. The molecule has 0 aromatic rings. The van der Waals surface area contributed by atoms with Crippen LogP contribution in [0.5, 0.6) is 0 Å². The average Bonchev–Trinajstić information content (AvgIpc) is 1.49. The molecule has 1 heterocycles. The molecule has 1 unspecified atom stereocenters. The van der Waals surface area contributed by atoms with Crippen molar-refractivity contribution < 1.29 is 0 Å². The number of nitrogens with zero attached hydrogens (tertiary/aromatic N) is 3. The first kappa shape index (κ1) is 9.78. The van der Waals surface area contributed by atoms with Gasteiger partial charge in [-0.15, -0.1) is 0 Å². The van der Waals surface area contributed by atoms with Crippen molar-refractivity contribution in [3.63, 3.8) is 0 Å². The molecule has 6 heteroatoms. The molecule has 1 rings (SSSR count). The number of rotatable bonds is 0. The summed E-state index contributed by atoms with van der Waals surface area (Å²) in [4.78, 5) is 0. The van der Waals surface area contributed by atoms with Crippen molar-refractivity contribution in [3.05, 3.63) is 0 Å². The second-order valence-corrected chi connectivity index (χ2v) is 12.3. The van der Waals surface area contributed by atoms with Gasteiger partial charge < -0.3 is 0 Å². The zero-order valence-corrected chi connectivity index (χ0v) is 10.5. The van der Waals surface area contributed by atoms with E-state index in [1.165, 1.54) is 0 Å². The first-order valence-corrected chi connectivity index (χ1v) is 10.6. The molecule has 66 valence electrons. The van der Waals surface area contributed by atoms with Crippen LogP contribution in [-0.4, -0.2) is 33.3 Å². The van der Waals surface area contributed by atoms with Crippen LogP contribution in [0, 0.1) is 0 Å². The van der Waals surface area contributed by atoms with E-state index in [1.807, 2.05) is 0 Å². The van der Waals surface area contributed by atoms with E-state index >= 15 is 0 Å². The summed E-state index contributed by atoms with van der Waals surface area (Å²) in [7, 11) is -3.28. The van der Waals surface area contributed by atoms with E-state index in [4.69, 9.17) is 4.52 Å². The van der Waals surface area contributed by atoms with Crippen LogP contribution >= 0.6 is 22.3 Å². The summed E-state index contributed by atoms with van der Waals surface area (Å²) in [6, 6.07) is 0. The highest BCUT2D eigenvalue weighted by atomic mass is 31.2. The molecular formula is C5H16N3P3. The van der Waals surface area contributed by atoms with Crippen LogP contribution in [0.1, 0.15) is 0 Å². The molecule has 0 bridgehead atoms. The van der Waals surface area contributed by atoms with Gasteiger partial charge in [0.2, 0.25) is 0 Å². The first-order valence-electron chi connectivity index (χ1n) is 3.54. The zero-order valence-electron chi connectivity index (χ0n) is 7.74. The van der Waals surface area contributed by atoms with Gasteiger partial charge in [0, 0.05) is 0 Å². The van der Waals surface area contributed by atoms with Gasteiger partial charge in [-0.05, 0) is 33.3 Å². The Morgan fingerprint density at radius 2 is 1.55 bits per heavy atom. The van der Waals surface area contributed by atoms with Gasteiger partial charge in [-0.2, -0.15) is 0 Å². The molecule has 0 radical (unpaired) electrons. The normalized spacial score (nSPS) is 33.0. The Hall–Kier alpha value is 0.690. The van der Waals surface area contributed by atoms with E-state index in [-0.39, 0.29) is 0 Å².